The van der Waals surface area contributed by atoms with Gasteiger partial charge in [0.2, 0.25) is 0 Å². The number of rotatable bonds is 6. The van der Waals surface area contributed by atoms with Gasteiger partial charge in [0.15, 0.2) is 11.5 Å². The Kier molecular flexibility index (Phi) is 4.94. The second-order valence-corrected chi connectivity index (χ2v) is 7.39. The maximum atomic E-state index is 12.5. The molecule has 24 heavy (non-hydrogen) atoms. The number of hydrogen-bond donors (Lipinski definition) is 1. The highest BCUT2D eigenvalue weighted by atomic mass is 32.2. The molecule has 0 saturated carbocycles. The molecule has 1 heterocycles. The molecular weight excluding hydrogens is 326 g/mol. The van der Waals surface area contributed by atoms with Crippen molar-refractivity contribution < 1.29 is 17.9 Å². The van der Waals surface area contributed by atoms with E-state index in [1.165, 1.54) is 0 Å². The first-order valence-corrected chi connectivity index (χ1v) is 9.58. The van der Waals surface area contributed by atoms with Gasteiger partial charge in [0.05, 0.1) is 10.6 Å². The Hall–Kier alpha value is -2.21. The Morgan fingerprint density at radius 2 is 1.71 bits per heavy atom. The van der Waals surface area contributed by atoms with Crippen LogP contribution in [0, 0.1) is 0 Å². The molecular formula is C18H21NO4S. The zero-order valence-electron chi connectivity index (χ0n) is 13.6. The zero-order valence-corrected chi connectivity index (χ0v) is 14.4. The van der Waals surface area contributed by atoms with Crippen molar-refractivity contribution in [3.8, 4) is 11.5 Å². The van der Waals surface area contributed by atoms with Crippen LogP contribution in [-0.2, 0) is 16.4 Å². The van der Waals surface area contributed by atoms with Gasteiger partial charge in [-0.2, -0.15) is 0 Å². The van der Waals surface area contributed by atoms with Gasteiger partial charge in [-0.3, -0.25) is 4.72 Å². The van der Waals surface area contributed by atoms with Gasteiger partial charge in [0.25, 0.3) is 10.0 Å². The Bertz CT molecular complexity index is 800. The van der Waals surface area contributed by atoms with Crippen LogP contribution in [0.2, 0.25) is 0 Å². The fourth-order valence-corrected chi connectivity index (χ4v) is 3.59. The first kappa shape index (κ1) is 16.6. The summed E-state index contributed by atoms with van der Waals surface area (Å²) in [4.78, 5) is 0.248. The molecule has 1 aliphatic rings. The molecule has 0 radical (unpaired) electrons. The highest BCUT2D eigenvalue weighted by molar-refractivity contribution is 7.92. The van der Waals surface area contributed by atoms with Crippen molar-refractivity contribution >= 4 is 15.7 Å². The van der Waals surface area contributed by atoms with Crippen molar-refractivity contribution in [2.75, 3.05) is 17.9 Å². The van der Waals surface area contributed by atoms with E-state index < -0.39 is 10.0 Å². The SMILES string of the molecule is CCCCc1ccc(S(=O)(=O)Nc2ccc3c(c2)OCCO3)cc1. The number of benzene rings is 2. The first-order chi connectivity index (χ1) is 11.6. The van der Waals surface area contributed by atoms with E-state index in [9.17, 15) is 8.42 Å². The van der Waals surface area contributed by atoms with Gasteiger partial charge in [-0.1, -0.05) is 25.5 Å². The van der Waals surface area contributed by atoms with Gasteiger partial charge in [0, 0.05) is 6.07 Å². The molecule has 0 aliphatic carbocycles. The summed E-state index contributed by atoms with van der Waals surface area (Å²) in [5, 5.41) is 0. The third-order valence-corrected chi connectivity index (χ3v) is 5.24. The number of hydrogen-bond acceptors (Lipinski definition) is 4. The molecule has 1 aliphatic heterocycles. The number of ether oxygens (including phenoxy) is 2. The maximum Gasteiger partial charge on any atom is 0.261 e. The quantitative estimate of drug-likeness (QED) is 0.867. The molecule has 2 aromatic rings. The van der Waals surface area contributed by atoms with Gasteiger partial charge in [-0.25, -0.2) is 8.42 Å². The van der Waals surface area contributed by atoms with Crippen molar-refractivity contribution in [2.45, 2.75) is 31.1 Å². The molecule has 1 N–H and O–H groups in total. The van der Waals surface area contributed by atoms with E-state index in [1.54, 1.807) is 30.3 Å². The summed E-state index contributed by atoms with van der Waals surface area (Å²) in [7, 11) is -3.62. The monoisotopic (exact) mass is 347 g/mol. The van der Waals surface area contributed by atoms with Crippen molar-refractivity contribution in [2.24, 2.45) is 0 Å². The minimum atomic E-state index is -3.62. The Labute approximate surface area is 142 Å². The van der Waals surface area contributed by atoms with Crippen molar-refractivity contribution in [1.29, 1.82) is 0 Å². The number of aryl methyl sites for hydroxylation is 1. The molecule has 0 amide bonds. The number of unbranched alkanes of at least 4 members (excludes halogenated alkanes) is 1. The molecule has 6 heteroatoms. The Balaban J connectivity index is 1.76. The van der Waals surface area contributed by atoms with E-state index in [-0.39, 0.29) is 4.90 Å². The average molecular weight is 347 g/mol. The second-order valence-electron chi connectivity index (χ2n) is 5.71. The molecule has 5 nitrogen and oxygen atoms in total. The third-order valence-electron chi connectivity index (χ3n) is 3.85. The van der Waals surface area contributed by atoms with Crippen LogP contribution in [0.4, 0.5) is 5.69 Å². The van der Waals surface area contributed by atoms with Crippen LogP contribution in [-0.4, -0.2) is 21.6 Å². The van der Waals surface area contributed by atoms with E-state index in [0.29, 0.717) is 30.4 Å². The van der Waals surface area contributed by atoms with Crippen LogP contribution >= 0.6 is 0 Å². The minimum absolute atomic E-state index is 0.248. The summed E-state index contributed by atoms with van der Waals surface area (Å²) >= 11 is 0. The topological polar surface area (TPSA) is 64.6 Å². The van der Waals surface area contributed by atoms with Gasteiger partial charge in [0.1, 0.15) is 13.2 Å². The lowest BCUT2D eigenvalue weighted by Gasteiger charge is -2.19. The highest BCUT2D eigenvalue weighted by Crippen LogP contribution is 2.33. The fourth-order valence-electron chi connectivity index (χ4n) is 2.54. The lowest BCUT2D eigenvalue weighted by molar-refractivity contribution is 0.171. The zero-order chi connectivity index (χ0) is 17.0. The molecule has 3 rings (SSSR count). The molecule has 0 bridgehead atoms. The Morgan fingerprint density at radius 3 is 2.42 bits per heavy atom. The van der Waals surface area contributed by atoms with Crippen LogP contribution in [0.15, 0.2) is 47.4 Å². The number of fused-ring (bicyclic) bond motifs is 1. The molecule has 0 fully saturated rings. The lowest BCUT2D eigenvalue weighted by atomic mass is 10.1. The van der Waals surface area contributed by atoms with Crippen LogP contribution in [0.5, 0.6) is 11.5 Å². The van der Waals surface area contributed by atoms with Gasteiger partial charge < -0.3 is 9.47 Å². The van der Waals surface area contributed by atoms with Crippen molar-refractivity contribution in [1.82, 2.24) is 0 Å². The maximum absolute atomic E-state index is 12.5. The summed E-state index contributed by atoms with van der Waals surface area (Å²) < 4.78 is 38.5. The van der Waals surface area contributed by atoms with E-state index >= 15 is 0 Å². The van der Waals surface area contributed by atoms with E-state index in [4.69, 9.17) is 9.47 Å². The summed E-state index contributed by atoms with van der Waals surface area (Å²) in [5.74, 6) is 1.18. The van der Waals surface area contributed by atoms with Crippen LogP contribution < -0.4 is 14.2 Å². The molecule has 0 aromatic heterocycles. The van der Waals surface area contributed by atoms with Crippen LogP contribution in [0.3, 0.4) is 0 Å². The van der Waals surface area contributed by atoms with Gasteiger partial charge in [-0.05, 0) is 42.7 Å². The van der Waals surface area contributed by atoms with Gasteiger partial charge in [-0.15, -0.1) is 0 Å². The fraction of sp³-hybridized carbons (Fsp3) is 0.333. The van der Waals surface area contributed by atoms with Crippen molar-refractivity contribution in [3.05, 3.63) is 48.0 Å². The van der Waals surface area contributed by atoms with Crippen molar-refractivity contribution in [3.63, 3.8) is 0 Å². The van der Waals surface area contributed by atoms with Gasteiger partial charge >= 0.3 is 0 Å². The minimum Gasteiger partial charge on any atom is -0.486 e. The lowest BCUT2D eigenvalue weighted by Crippen LogP contribution is -2.16. The smallest absolute Gasteiger partial charge is 0.261 e. The molecule has 128 valence electrons. The van der Waals surface area contributed by atoms with Crippen LogP contribution in [0.25, 0.3) is 0 Å². The third kappa shape index (κ3) is 3.82. The highest BCUT2D eigenvalue weighted by Gasteiger charge is 2.17. The summed E-state index contributed by atoms with van der Waals surface area (Å²) in [6, 6.07) is 12.0. The predicted octanol–water partition coefficient (Wildman–Crippen LogP) is 3.60. The molecule has 0 atom stereocenters. The molecule has 0 saturated heterocycles. The second kappa shape index (κ2) is 7.13. The Morgan fingerprint density at radius 1 is 1.00 bits per heavy atom. The first-order valence-electron chi connectivity index (χ1n) is 8.10. The summed E-state index contributed by atoms with van der Waals surface area (Å²) in [6.45, 7) is 3.10. The largest absolute Gasteiger partial charge is 0.486 e. The van der Waals surface area contributed by atoms with E-state index in [0.717, 1.165) is 24.8 Å². The normalized spacial score (nSPS) is 13.5. The van der Waals surface area contributed by atoms with Crippen LogP contribution in [0.1, 0.15) is 25.3 Å². The predicted molar refractivity (Wildman–Crippen MR) is 93.3 cm³/mol. The summed E-state index contributed by atoms with van der Waals surface area (Å²) in [6.07, 6.45) is 3.18. The summed E-state index contributed by atoms with van der Waals surface area (Å²) in [5.41, 5.74) is 1.60. The average Bonchev–Trinajstić information content (AvgIpc) is 2.60. The molecule has 0 spiro atoms. The standard InChI is InChI=1S/C18H21NO4S/c1-2-3-4-14-5-8-16(9-6-14)24(20,21)19-15-7-10-17-18(13-15)23-12-11-22-17/h5-10,13,19H,2-4,11-12H2,1H3. The molecule has 0 unspecified atom stereocenters. The molecule has 2 aromatic carbocycles. The number of anilines is 1. The van der Waals surface area contributed by atoms with E-state index in [1.807, 2.05) is 12.1 Å². The number of sulfonamides is 1. The number of nitrogens with one attached hydrogen (secondary N) is 1. The van der Waals surface area contributed by atoms with E-state index in [2.05, 4.69) is 11.6 Å².